The van der Waals surface area contributed by atoms with Crippen molar-refractivity contribution in [3.8, 4) is 6.07 Å². The third kappa shape index (κ3) is 2.72. The average Bonchev–Trinajstić information content (AvgIpc) is 2.36. The Bertz CT molecular complexity index is 430. The maximum Gasteiger partial charge on any atom is 0.329 e. The molecule has 0 spiro atoms. The molecular formula is C12H15N3O2. The zero-order valence-electron chi connectivity index (χ0n) is 9.90. The van der Waals surface area contributed by atoms with Gasteiger partial charge in [0.2, 0.25) is 0 Å². The maximum atomic E-state index is 11.3. The van der Waals surface area contributed by atoms with Crippen LogP contribution in [-0.2, 0) is 4.79 Å². The minimum Gasteiger partial charge on any atom is -0.480 e. The number of nitrogens with zero attached hydrogens (tertiary/aromatic N) is 2. The first-order valence-corrected chi connectivity index (χ1v) is 5.45. The van der Waals surface area contributed by atoms with Gasteiger partial charge in [0.1, 0.15) is 17.3 Å². The Morgan fingerprint density at radius 3 is 2.53 bits per heavy atom. The van der Waals surface area contributed by atoms with Gasteiger partial charge in [-0.1, -0.05) is 13.8 Å². The number of pyridine rings is 1. The molecule has 17 heavy (non-hydrogen) atoms. The van der Waals surface area contributed by atoms with Crippen LogP contribution in [0.2, 0.25) is 0 Å². The second-order valence-corrected chi connectivity index (χ2v) is 3.76. The Hall–Kier alpha value is -2.09. The Morgan fingerprint density at radius 1 is 1.53 bits per heavy atom. The molecule has 0 aliphatic heterocycles. The monoisotopic (exact) mass is 233 g/mol. The molecule has 90 valence electrons. The van der Waals surface area contributed by atoms with Gasteiger partial charge in [0.25, 0.3) is 0 Å². The number of carbonyl (C=O) groups is 1. The zero-order valence-corrected chi connectivity index (χ0v) is 9.90. The van der Waals surface area contributed by atoms with Gasteiger partial charge in [-0.15, -0.1) is 0 Å². The van der Waals surface area contributed by atoms with E-state index in [1.165, 1.54) is 6.20 Å². The minimum atomic E-state index is -0.976. The molecule has 1 aromatic heterocycles. The molecule has 0 atom stereocenters. The van der Waals surface area contributed by atoms with E-state index in [-0.39, 0.29) is 0 Å². The largest absolute Gasteiger partial charge is 0.480 e. The summed E-state index contributed by atoms with van der Waals surface area (Å²) in [5, 5.41) is 20.8. The lowest BCUT2D eigenvalue weighted by molar-refractivity contribution is -0.142. The maximum absolute atomic E-state index is 11.3. The van der Waals surface area contributed by atoms with Crippen LogP contribution in [0.3, 0.4) is 0 Å². The van der Waals surface area contributed by atoms with Crippen molar-refractivity contribution < 1.29 is 9.90 Å². The molecule has 2 N–H and O–H groups in total. The van der Waals surface area contributed by atoms with E-state index < -0.39 is 11.5 Å². The number of aliphatic carboxylic acids is 1. The summed E-state index contributed by atoms with van der Waals surface area (Å²) in [5.41, 5.74) is -0.0601. The predicted molar refractivity (Wildman–Crippen MR) is 63.5 cm³/mol. The highest BCUT2D eigenvalue weighted by atomic mass is 16.4. The Kier molecular flexibility index (Phi) is 4.05. The first-order valence-electron chi connectivity index (χ1n) is 5.45. The lowest BCUT2D eigenvalue weighted by Gasteiger charge is -2.29. The van der Waals surface area contributed by atoms with E-state index in [2.05, 4.69) is 10.3 Å². The summed E-state index contributed by atoms with van der Waals surface area (Å²) in [6, 6.07) is 5.13. The lowest BCUT2D eigenvalue weighted by Crippen LogP contribution is -2.45. The van der Waals surface area contributed by atoms with E-state index in [0.29, 0.717) is 24.2 Å². The van der Waals surface area contributed by atoms with Crippen molar-refractivity contribution in [3.63, 3.8) is 0 Å². The molecule has 5 nitrogen and oxygen atoms in total. The van der Waals surface area contributed by atoms with E-state index in [1.807, 2.05) is 19.9 Å². The third-order valence-electron chi connectivity index (χ3n) is 2.88. The van der Waals surface area contributed by atoms with Crippen molar-refractivity contribution in [2.24, 2.45) is 0 Å². The Balaban J connectivity index is 2.94. The van der Waals surface area contributed by atoms with Crippen LogP contribution in [-0.4, -0.2) is 21.6 Å². The van der Waals surface area contributed by atoms with Gasteiger partial charge in [-0.05, 0) is 25.0 Å². The van der Waals surface area contributed by atoms with Gasteiger partial charge in [0, 0.05) is 0 Å². The highest BCUT2D eigenvalue weighted by molar-refractivity contribution is 5.82. The van der Waals surface area contributed by atoms with E-state index in [1.54, 1.807) is 12.1 Å². The molecule has 0 fully saturated rings. The molecule has 0 unspecified atom stereocenters. The molecule has 0 aliphatic rings. The van der Waals surface area contributed by atoms with Crippen molar-refractivity contribution in [2.45, 2.75) is 32.2 Å². The molecule has 0 saturated carbocycles. The summed E-state index contributed by atoms with van der Waals surface area (Å²) in [6.45, 7) is 3.64. The molecule has 1 rings (SSSR count). The van der Waals surface area contributed by atoms with Crippen molar-refractivity contribution >= 4 is 11.7 Å². The van der Waals surface area contributed by atoms with Crippen molar-refractivity contribution in [2.75, 3.05) is 5.32 Å². The summed E-state index contributed by atoms with van der Waals surface area (Å²) in [7, 11) is 0. The highest BCUT2D eigenvalue weighted by Gasteiger charge is 2.34. The summed E-state index contributed by atoms with van der Waals surface area (Å²) in [4.78, 5) is 15.2. The smallest absolute Gasteiger partial charge is 0.329 e. The fraction of sp³-hybridized carbons (Fsp3) is 0.417. The topological polar surface area (TPSA) is 86.0 Å². The number of carboxylic acids is 1. The number of anilines is 1. The summed E-state index contributed by atoms with van der Waals surface area (Å²) >= 11 is 0. The number of carboxylic acid groups (broad SMARTS) is 1. The molecule has 0 bridgehead atoms. The standard InChI is InChI=1S/C12H15N3O2/c1-3-12(4-2,11(16)17)15-10-6-5-9(7-13)14-8-10/h5-6,8,15H,3-4H2,1-2H3,(H,16,17). The number of hydrogen-bond acceptors (Lipinski definition) is 4. The number of aromatic nitrogens is 1. The molecule has 0 aliphatic carbocycles. The van der Waals surface area contributed by atoms with Crippen molar-refractivity contribution in [3.05, 3.63) is 24.0 Å². The summed E-state index contributed by atoms with van der Waals surface area (Å²) < 4.78 is 0. The number of rotatable bonds is 5. The second-order valence-electron chi connectivity index (χ2n) is 3.76. The molecule has 0 aromatic carbocycles. The Labute approximate surface area is 100 Å². The molecule has 0 saturated heterocycles. The van der Waals surface area contributed by atoms with Crippen LogP contribution in [0.4, 0.5) is 5.69 Å². The average molecular weight is 233 g/mol. The van der Waals surface area contributed by atoms with Crippen LogP contribution >= 0.6 is 0 Å². The van der Waals surface area contributed by atoms with Crippen molar-refractivity contribution in [1.82, 2.24) is 4.98 Å². The summed E-state index contributed by atoms with van der Waals surface area (Å²) in [6.07, 6.45) is 2.42. The lowest BCUT2D eigenvalue weighted by atomic mass is 9.92. The van der Waals surface area contributed by atoms with Crippen molar-refractivity contribution in [1.29, 1.82) is 5.26 Å². The first-order chi connectivity index (χ1) is 8.07. The normalized spacial score (nSPS) is 10.6. The fourth-order valence-corrected chi connectivity index (χ4v) is 1.59. The van der Waals surface area contributed by atoms with Crippen LogP contribution in [0.15, 0.2) is 18.3 Å². The van der Waals surface area contributed by atoms with Gasteiger partial charge in [0.05, 0.1) is 11.9 Å². The predicted octanol–water partition coefficient (Wildman–Crippen LogP) is 2.01. The minimum absolute atomic E-state index is 0.310. The van der Waals surface area contributed by atoms with Crippen LogP contribution in [0.25, 0.3) is 0 Å². The molecule has 0 amide bonds. The molecule has 5 heteroatoms. The van der Waals surface area contributed by atoms with Gasteiger partial charge in [0.15, 0.2) is 0 Å². The van der Waals surface area contributed by atoms with Gasteiger partial charge < -0.3 is 10.4 Å². The molecule has 1 aromatic rings. The Morgan fingerprint density at radius 2 is 2.18 bits per heavy atom. The van der Waals surface area contributed by atoms with Gasteiger partial charge in [-0.2, -0.15) is 5.26 Å². The first kappa shape index (κ1) is 13.0. The van der Waals surface area contributed by atoms with Crippen LogP contribution < -0.4 is 5.32 Å². The quantitative estimate of drug-likeness (QED) is 0.812. The van der Waals surface area contributed by atoms with E-state index in [9.17, 15) is 9.90 Å². The van der Waals surface area contributed by atoms with E-state index >= 15 is 0 Å². The molecule has 0 radical (unpaired) electrons. The van der Waals surface area contributed by atoms with Crippen LogP contribution in [0.5, 0.6) is 0 Å². The van der Waals surface area contributed by atoms with E-state index in [0.717, 1.165) is 0 Å². The van der Waals surface area contributed by atoms with E-state index in [4.69, 9.17) is 5.26 Å². The van der Waals surface area contributed by atoms with Crippen LogP contribution in [0, 0.1) is 11.3 Å². The SMILES string of the molecule is CCC(CC)(Nc1ccc(C#N)nc1)C(=O)O. The van der Waals surface area contributed by atoms with Gasteiger partial charge in [-0.25, -0.2) is 9.78 Å². The third-order valence-corrected chi connectivity index (χ3v) is 2.88. The second kappa shape index (κ2) is 5.30. The number of nitrogens with one attached hydrogen (secondary N) is 1. The number of hydrogen-bond donors (Lipinski definition) is 2. The van der Waals surface area contributed by atoms with Gasteiger partial charge >= 0.3 is 5.97 Å². The fourth-order valence-electron chi connectivity index (χ4n) is 1.59. The van der Waals surface area contributed by atoms with Gasteiger partial charge in [-0.3, -0.25) is 0 Å². The number of nitriles is 1. The summed E-state index contributed by atoms with van der Waals surface area (Å²) in [5.74, 6) is -0.883. The van der Waals surface area contributed by atoms with Crippen LogP contribution in [0.1, 0.15) is 32.4 Å². The highest BCUT2D eigenvalue weighted by Crippen LogP contribution is 2.22. The molecular weight excluding hydrogens is 218 g/mol. The molecule has 1 heterocycles. The zero-order chi connectivity index (χ0) is 12.9.